The third kappa shape index (κ3) is 2.72. The standard InChI is InChI=1S/C9H10ClN/c1-7-3-4-11-9(5-7)6-8(2)10/h3-5H,2,6H2,1H3. The van der Waals surface area contributed by atoms with Crippen LogP contribution in [-0.2, 0) is 6.42 Å². The predicted molar refractivity (Wildman–Crippen MR) is 47.7 cm³/mol. The number of aryl methyl sites for hydroxylation is 1. The second-order valence-electron chi connectivity index (χ2n) is 2.52. The van der Waals surface area contributed by atoms with Crippen LogP contribution in [0.4, 0.5) is 0 Å². The molecule has 0 spiro atoms. The van der Waals surface area contributed by atoms with Gasteiger partial charge in [0, 0.05) is 23.3 Å². The van der Waals surface area contributed by atoms with Crippen LogP contribution in [0.25, 0.3) is 0 Å². The Labute approximate surface area is 71.7 Å². The summed E-state index contributed by atoms with van der Waals surface area (Å²) in [6.45, 7) is 5.64. The van der Waals surface area contributed by atoms with Crippen molar-refractivity contribution in [2.24, 2.45) is 0 Å². The maximum absolute atomic E-state index is 5.63. The lowest BCUT2D eigenvalue weighted by Crippen LogP contribution is -1.89. The minimum absolute atomic E-state index is 0.628. The van der Waals surface area contributed by atoms with Gasteiger partial charge in [-0.2, -0.15) is 0 Å². The van der Waals surface area contributed by atoms with Crippen molar-refractivity contribution in [2.75, 3.05) is 0 Å². The lowest BCUT2D eigenvalue weighted by molar-refractivity contribution is 1.09. The van der Waals surface area contributed by atoms with Gasteiger partial charge in [-0.1, -0.05) is 18.2 Å². The van der Waals surface area contributed by atoms with Crippen LogP contribution < -0.4 is 0 Å². The normalized spacial score (nSPS) is 9.64. The minimum Gasteiger partial charge on any atom is -0.261 e. The maximum atomic E-state index is 5.63. The summed E-state index contributed by atoms with van der Waals surface area (Å²) < 4.78 is 0. The number of allylic oxidation sites excluding steroid dienone is 1. The molecule has 0 aliphatic carbocycles. The highest BCUT2D eigenvalue weighted by molar-refractivity contribution is 6.29. The van der Waals surface area contributed by atoms with Crippen molar-refractivity contribution in [1.29, 1.82) is 0 Å². The van der Waals surface area contributed by atoms with Gasteiger partial charge in [0.2, 0.25) is 0 Å². The van der Waals surface area contributed by atoms with Gasteiger partial charge in [-0.25, -0.2) is 0 Å². The van der Waals surface area contributed by atoms with Gasteiger partial charge in [-0.15, -0.1) is 0 Å². The highest BCUT2D eigenvalue weighted by Crippen LogP contribution is 2.07. The highest BCUT2D eigenvalue weighted by atomic mass is 35.5. The fourth-order valence-corrected chi connectivity index (χ4v) is 1.03. The lowest BCUT2D eigenvalue weighted by atomic mass is 10.2. The zero-order valence-corrected chi connectivity index (χ0v) is 7.23. The molecule has 0 N–H and O–H groups in total. The van der Waals surface area contributed by atoms with Gasteiger partial charge in [0.1, 0.15) is 0 Å². The molecule has 1 heterocycles. The molecule has 0 fully saturated rings. The average molecular weight is 168 g/mol. The molecule has 0 aliphatic rings. The van der Waals surface area contributed by atoms with Gasteiger partial charge in [0.15, 0.2) is 0 Å². The van der Waals surface area contributed by atoms with Crippen LogP contribution in [0.15, 0.2) is 29.9 Å². The van der Waals surface area contributed by atoms with Crippen LogP contribution in [0.2, 0.25) is 0 Å². The molecule has 0 unspecified atom stereocenters. The van der Waals surface area contributed by atoms with Gasteiger partial charge in [-0.3, -0.25) is 4.98 Å². The molecule has 0 radical (unpaired) electrons. The molecule has 0 saturated heterocycles. The zero-order valence-electron chi connectivity index (χ0n) is 6.47. The third-order valence-electron chi connectivity index (χ3n) is 1.35. The molecular formula is C9H10ClN. The van der Waals surface area contributed by atoms with E-state index in [1.807, 2.05) is 19.1 Å². The summed E-state index contributed by atoms with van der Waals surface area (Å²) in [7, 11) is 0. The van der Waals surface area contributed by atoms with Crippen molar-refractivity contribution in [2.45, 2.75) is 13.3 Å². The largest absolute Gasteiger partial charge is 0.261 e. The maximum Gasteiger partial charge on any atom is 0.0458 e. The molecule has 0 atom stereocenters. The molecule has 11 heavy (non-hydrogen) atoms. The van der Waals surface area contributed by atoms with Crippen molar-refractivity contribution in [3.63, 3.8) is 0 Å². The smallest absolute Gasteiger partial charge is 0.0458 e. The number of aromatic nitrogens is 1. The average Bonchev–Trinajstić information content (AvgIpc) is 1.85. The van der Waals surface area contributed by atoms with E-state index in [1.165, 1.54) is 5.56 Å². The van der Waals surface area contributed by atoms with Crippen LogP contribution in [0.3, 0.4) is 0 Å². The molecule has 2 heteroatoms. The van der Waals surface area contributed by atoms with Crippen LogP contribution in [0.5, 0.6) is 0 Å². The summed E-state index contributed by atoms with van der Waals surface area (Å²) in [5, 5.41) is 0.628. The van der Waals surface area contributed by atoms with E-state index >= 15 is 0 Å². The summed E-state index contributed by atoms with van der Waals surface area (Å²) in [5.41, 5.74) is 2.18. The second-order valence-corrected chi connectivity index (χ2v) is 3.05. The Balaban J connectivity index is 2.79. The molecule has 1 aromatic heterocycles. The Bertz CT molecular complexity index is 268. The van der Waals surface area contributed by atoms with Gasteiger partial charge in [0.25, 0.3) is 0 Å². The monoisotopic (exact) mass is 167 g/mol. The first-order chi connectivity index (χ1) is 5.18. The molecule has 0 aliphatic heterocycles. The van der Waals surface area contributed by atoms with Crippen LogP contribution in [0.1, 0.15) is 11.3 Å². The fraction of sp³-hybridized carbons (Fsp3) is 0.222. The van der Waals surface area contributed by atoms with Crippen molar-refractivity contribution in [3.8, 4) is 0 Å². The van der Waals surface area contributed by atoms with Crippen molar-refractivity contribution in [3.05, 3.63) is 41.2 Å². The topological polar surface area (TPSA) is 12.9 Å². The number of hydrogen-bond donors (Lipinski definition) is 0. The highest BCUT2D eigenvalue weighted by Gasteiger charge is 1.94. The van der Waals surface area contributed by atoms with Crippen molar-refractivity contribution in [1.82, 2.24) is 4.98 Å². The zero-order chi connectivity index (χ0) is 8.27. The predicted octanol–water partition coefficient (Wildman–Crippen LogP) is 2.69. The Kier molecular flexibility index (Phi) is 2.66. The Morgan fingerprint density at radius 3 is 3.00 bits per heavy atom. The SMILES string of the molecule is C=C(Cl)Cc1cc(C)ccn1. The van der Waals surface area contributed by atoms with Gasteiger partial charge in [-0.05, 0) is 24.6 Å². The minimum atomic E-state index is 0.628. The molecule has 1 nitrogen and oxygen atoms in total. The van der Waals surface area contributed by atoms with E-state index in [-0.39, 0.29) is 0 Å². The first-order valence-electron chi connectivity index (χ1n) is 3.43. The van der Waals surface area contributed by atoms with Crippen LogP contribution in [-0.4, -0.2) is 4.98 Å². The molecule has 1 aromatic rings. The summed E-state index contributed by atoms with van der Waals surface area (Å²) in [5.74, 6) is 0. The lowest BCUT2D eigenvalue weighted by Gasteiger charge is -1.98. The van der Waals surface area contributed by atoms with E-state index in [0.717, 1.165) is 5.69 Å². The van der Waals surface area contributed by atoms with Gasteiger partial charge < -0.3 is 0 Å². The van der Waals surface area contributed by atoms with Gasteiger partial charge in [0.05, 0.1) is 0 Å². The second kappa shape index (κ2) is 3.54. The number of halogens is 1. The molecular weight excluding hydrogens is 158 g/mol. The van der Waals surface area contributed by atoms with Crippen molar-refractivity contribution < 1.29 is 0 Å². The number of rotatable bonds is 2. The van der Waals surface area contributed by atoms with E-state index < -0.39 is 0 Å². The van der Waals surface area contributed by atoms with E-state index in [2.05, 4.69) is 11.6 Å². The van der Waals surface area contributed by atoms with Gasteiger partial charge >= 0.3 is 0 Å². The molecule has 1 rings (SSSR count). The Morgan fingerprint density at radius 2 is 2.45 bits per heavy atom. The molecule has 0 saturated carbocycles. The van der Waals surface area contributed by atoms with E-state index in [9.17, 15) is 0 Å². The quantitative estimate of drug-likeness (QED) is 0.660. The number of pyridine rings is 1. The Morgan fingerprint density at radius 1 is 1.73 bits per heavy atom. The summed E-state index contributed by atoms with van der Waals surface area (Å²) in [6, 6.07) is 3.97. The van der Waals surface area contributed by atoms with Crippen LogP contribution in [0, 0.1) is 6.92 Å². The Hall–Kier alpha value is -0.820. The molecule has 0 aromatic carbocycles. The van der Waals surface area contributed by atoms with Crippen LogP contribution >= 0.6 is 11.6 Å². The molecule has 0 amide bonds. The molecule has 0 bridgehead atoms. The fourth-order valence-electron chi connectivity index (χ4n) is 0.892. The van der Waals surface area contributed by atoms with E-state index in [1.54, 1.807) is 6.20 Å². The summed E-state index contributed by atoms with van der Waals surface area (Å²) in [6.07, 6.45) is 2.44. The third-order valence-corrected chi connectivity index (χ3v) is 1.48. The first kappa shape index (κ1) is 8.28. The summed E-state index contributed by atoms with van der Waals surface area (Å²) in [4.78, 5) is 4.13. The first-order valence-corrected chi connectivity index (χ1v) is 3.81. The van der Waals surface area contributed by atoms with E-state index in [4.69, 9.17) is 11.6 Å². The number of nitrogens with zero attached hydrogens (tertiary/aromatic N) is 1. The van der Waals surface area contributed by atoms with E-state index in [0.29, 0.717) is 11.5 Å². The number of hydrogen-bond acceptors (Lipinski definition) is 1. The summed E-state index contributed by atoms with van der Waals surface area (Å²) >= 11 is 5.63. The van der Waals surface area contributed by atoms with Crippen molar-refractivity contribution >= 4 is 11.6 Å². The molecule has 58 valence electrons.